The highest BCUT2D eigenvalue weighted by molar-refractivity contribution is 7.91. The van der Waals surface area contributed by atoms with Gasteiger partial charge in [0.1, 0.15) is 5.82 Å². The van der Waals surface area contributed by atoms with Crippen LogP contribution in [-0.2, 0) is 9.84 Å². The van der Waals surface area contributed by atoms with Crippen molar-refractivity contribution in [3.05, 3.63) is 47.4 Å². The van der Waals surface area contributed by atoms with Crippen molar-refractivity contribution in [3.8, 4) is 5.82 Å². The molecule has 1 aliphatic heterocycles. The molecule has 6 nitrogen and oxygen atoms in total. The van der Waals surface area contributed by atoms with Gasteiger partial charge in [0.2, 0.25) is 0 Å². The Bertz CT molecular complexity index is 872. The zero-order valence-electron chi connectivity index (χ0n) is 14.1. The molecule has 0 aliphatic carbocycles. The summed E-state index contributed by atoms with van der Waals surface area (Å²) in [5.74, 6) is 0.821. The lowest BCUT2D eigenvalue weighted by Crippen LogP contribution is -2.38. The van der Waals surface area contributed by atoms with Crippen LogP contribution in [0.25, 0.3) is 5.82 Å². The van der Waals surface area contributed by atoms with E-state index in [9.17, 15) is 13.2 Å². The van der Waals surface area contributed by atoms with Gasteiger partial charge in [-0.25, -0.2) is 13.4 Å². The number of amides is 1. The zero-order valence-corrected chi connectivity index (χ0v) is 14.9. The third kappa shape index (κ3) is 2.96. The third-order valence-corrected chi connectivity index (χ3v) is 6.37. The maximum Gasteiger partial charge on any atom is 0.255 e. The average molecular weight is 347 g/mol. The zero-order chi connectivity index (χ0) is 17.5. The summed E-state index contributed by atoms with van der Waals surface area (Å²) in [6.07, 6.45) is 2.22. The van der Waals surface area contributed by atoms with Gasteiger partial charge in [-0.1, -0.05) is 6.07 Å². The van der Waals surface area contributed by atoms with E-state index in [4.69, 9.17) is 0 Å². The molecule has 1 fully saturated rings. The number of rotatable bonds is 3. The second-order valence-corrected chi connectivity index (χ2v) is 8.51. The van der Waals surface area contributed by atoms with E-state index in [1.807, 2.05) is 42.7 Å². The summed E-state index contributed by atoms with van der Waals surface area (Å²) in [5, 5.41) is 0. The summed E-state index contributed by atoms with van der Waals surface area (Å²) in [6, 6.07) is 7.23. The monoisotopic (exact) mass is 347 g/mol. The third-order valence-electron chi connectivity index (χ3n) is 4.62. The molecule has 0 radical (unpaired) electrons. The van der Waals surface area contributed by atoms with Crippen molar-refractivity contribution >= 4 is 15.7 Å². The van der Waals surface area contributed by atoms with Crippen LogP contribution < -0.4 is 0 Å². The van der Waals surface area contributed by atoms with Crippen LogP contribution in [0.1, 0.15) is 28.2 Å². The first-order valence-electron chi connectivity index (χ1n) is 7.88. The number of hydrogen-bond acceptors (Lipinski definition) is 4. The number of sulfone groups is 1. The second-order valence-electron chi connectivity index (χ2n) is 6.28. The lowest BCUT2D eigenvalue weighted by molar-refractivity contribution is 0.0747. The maximum absolute atomic E-state index is 12.9. The minimum Gasteiger partial charge on any atom is -0.338 e. The molecule has 1 atom stereocenters. The smallest absolute Gasteiger partial charge is 0.255 e. The van der Waals surface area contributed by atoms with E-state index in [-0.39, 0.29) is 23.5 Å². The standard InChI is InChI=1S/C17H21N3O3S/c1-12-10-15(13(2)20(12)16-6-4-5-8-18-16)17(21)19(3)14-7-9-24(22,23)11-14/h4-6,8,10,14H,7,9,11H2,1-3H3/t14-/m0/s1. The van der Waals surface area contributed by atoms with Crippen LogP contribution in [0, 0.1) is 13.8 Å². The number of nitrogens with zero attached hydrogens (tertiary/aromatic N) is 3. The van der Waals surface area contributed by atoms with Crippen LogP contribution in [0.15, 0.2) is 30.5 Å². The maximum atomic E-state index is 12.9. The van der Waals surface area contributed by atoms with Gasteiger partial charge in [-0.05, 0) is 38.5 Å². The average Bonchev–Trinajstić information content (AvgIpc) is 3.06. The van der Waals surface area contributed by atoms with Crippen molar-refractivity contribution < 1.29 is 13.2 Å². The van der Waals surface area contributed by atoms with Crippen molar-refractivity contribution in [1.29, 1.82) is 0 Å². The lowest BCUT2D eigenvalue weighted by atomic mass is 10.1. The SMILES string of the molecule is Cc1cc(C(=O)N(C)[C@H]2CCS(=O)(=O)C2)c(C)n1-c1ccccn1. The molecular formula is C17H21N3O3S. The Labute approximate surface area is 142 Å². The molecule has 0 aromatic carbocycles. The molecule has 2 aromatic heterocycles. The van der Waals surface area contributed by atoms with Gasteiger partial charge in [-0.2, -0.15) is 0 Å². The Kier molecular flexibility index (Phi) is 4.21. The summed E-state index contributed by atoms with van der Waals surface area (Å²) in [4.78, 5) is 18.8. The first-order valence-corrected chi connectivity index (χ1v) is 9.70. The van der Waals surface area contributed by atoms with E-state index in [2.05, 4.69) is 4.98 Å². The molecule has 0 bridgehead atoms. The molecule has 0 spiro atoms. The van der Waals surface area contributed by atoms with Crippen LogP contribution >= 0.6 is 0 Å². The molecule has 3 rings (SSSR count). The second kappa shape index (κ2) is 6.05. The fourth-order valence-corrected chi connectivity index (χ4v) is 5.03. The van der Waals surface area contributed by atoms with Crippen LogP contribution in [0.4, 0.5) is 0 Å². The highest BCUT2D eigenvalue weighted by Gasteiger charge is 2.34. The number of pyridine rings is 1. The molecule has 7 heteroatoms. The van der Waals surface area contributed by atoms with Gasteiger partial charge in [0.05, 0.1) is 17.1 Å². The predicted molar refractivity (Wildman–Crippen MR) is 92.2 cm³/mol. The molecule has 128 valence electrons. The number of aromatic nitrogens is 2. The van der Waals surface area contributed by atoms with Gasteiger partial charge in [0.15, 0.2) is 9.84 Å². The molecular weight excluding hydrogens is 326 g/mol. The Morgan fingerprint density at radius 3 is 2.67 bits per heavy atom. The predicted octanol–water partition coefficient (Wildman–Crippen LogP) is 1.75. The van der Waals surface area contributed by atoms with Gasteiger partial charge in [0, 0.05) is 30.7 Å². The molecule has 3 heterocycles. The van der Waals surface area contributed by atoms with Crippen LogP contribution in [0.5, 0.6) is 0 Å². The van der Waals surface area contributed by atoms with Gasteiger partial charge >= 0.3 is 0 Å². The van der Waals surface area contributed by atoms with E-state index >= 15 is 0 Å². The molecule has 1 amide bonds. The molecule has 1 saturated heterocycles. The fourth-order valence-electron chi connectivity index (χ4n) is 3.25. The van der Waals surface area contributed by atoms with Gasteiger partial charge in [0.25, 0.3) is 5.91 Å². The number of carbonyl (C=O) groups is 1. The van der Waals surface area contributed by atoms with Gasteiger partial charge < -0.3 is 9.47 Å². The molecule has 1 aliphatic rings. The number of carbonyl (C=O) groups excluding carboxylic acids is 1. The van der Waals surface area contributed by atoms with Crippen LogP contribution in [0.2, 0.25) is 0 Å². The van der Waals surface area contributed by atoms with Crippen molar-refractivity contribution in [2.75, 3.05) is 18.6 Å². The molecule has 0 N–H and O–H groups in total. The van der Waals surface area contributed by atoms with Crippen molar-refractivity contribution in [1.82, 2.24) is 14.5 Å². The van der Waals surface area contributed by atoms with Crippen LogP contribution in [-0.4, -0.2) is 53.4 Å². The van der Waals surface area contributed by atoms with E-state index in [1.54, 1.807) is 18.1 Å². The summed E-state index contributed by atoms with van der Waals surface area (Å²) >= 11 is 0. The Hall–Kier alpha value is -2.15. The van der Waals surface area contributed by atoms with Gasteiger partial charge in [-0.15, -0.1) is 0 Å². The largest absolute Gasteiger partial charge is 0.338 e. The van der Waals surface area contributed by atoms with Crippen molar-refractivity contribution in [2.45, 2.75) is 26.3 Å². The molecule has 24 heavy (non-hydrogen) atoms. The Morgan fingerprint density at radius 1 is 1.33 bits per heavy atom. The number of hydrogen-bond donors (Lipinski definition) is 0. The minimum atomic E-state index is -3.02. The summed E-state index contributed by atoms with van der Waals surface area (Å²) in [7, 11) is -1.34. The quantitative estimate of drug-likeness (QED) is 0.848. The van der Waals surface area contributed by atoms with E-state index in [0.29, 0.717) is 12.0 Å². The van der Waals surface area contributed by atoms with E-state index in [0.717, 1.165) is 17.2 Å². The fraction of sp³-hybridized carbons (Fsp3) is 0.412. The summed E-state index contributed by atoms with van der Waals surface area (Å²) in [5.41, 5.74) is 2.32. The topological polar surface area (TPSA) is 72.3 Å². The van der Waals surface area contributed by atoms with E-state index in [1.165, 1.54) is 0 Å². The highest BCUT2D eigenvalue weighted by atomic mass is 32.2. The Balaban J connectivity index is 1.92. The van der Waals surface area contributed by atoms with Crippen molar-refractivity contribution in [2.24, 2.45) is 0 Å². The summed E-state index contributed by atoms with van der Waals surface area (Å²) in [6.45, 7) is 3.81. The van der Waals surface area contributed by atoms with Crippen LogP contribution in [0.3, 0.4) is 0 Å². The number of aryl methyl sites for hydroxylation is 1. The lowest BCUT2D eigenvalue weighted by Gasteiger charge is -2.23. The normalized spacial score (nSPS) is 19.4. The highest BCUT2D eigenvalue weighted by Crippen LogP contribution is 2.23. The molecule has 2 aromatic rings. The Morgan fingerprint density at radius 2 is 2.08 bits per heavy atom. The molecule has 0 saturated carbocycles. The molecule has 0 unspecified atom stereocenters. The summed E-state index contributed by atoms with van der Waals surface area (Å²) < 4.78 is 25.3. The first kappa shape index (κ1) is 16.7. The van der Waals surface area contributed by atoms with Gasteiger partial charge in [-0.3, -0.25) is 4.79 Å². The minimum absolute atomic E-state index is 0.0498. The first-order chi connectivity index (χ1) is 11.3. The van der Waals surface area contributed by atoms with Crippen molar-refractivity contribution in [3.63, 3.8) is 0 Å². The van der Waals surface area contributed by atoms with E-state index < -0.39 is 9.84 Å².